The lowest BCUT2D eigenvalue weighted by Crippen LogP contribution is -2.46. The number of imidazole rings is 1. The maximum absolute atomic E-state index is 12.2. The summed E-state index contributed by atoms with van der Waals surface area (Å²) in [6, 6.07) is 7.67. The molecule has 0 amide bonds. The summed E-state index contributed by atoms with van der Waals surface area (Å²) in [5.41, 5.74) is 2.03. The van der Waals surface area contributed by atoms with Crippen LogP contribution in [0, 0.1) is 10.1 Å². The van der Waals surface area contributed by atoms with E-state index in [4.69, 9.17) is 11.6 Å². The minimum atomic E-state index is -3.60. The Morgan fingerprint density at radius 2 is 1.87 bits per heavy atom. The Morgan fingerprint density at radius 3 is 2.53 bits per heavy atom. The zero-order chi connectivity index (χ0) is 21.5. The highest BCUT2D eigenvalue weighted by molar-refractivity contribution is 7.90. The van der Waals surface area contributed by atoms with Crippen molar-refractivity contribution >= 4 is 38.5 Å². The molecule has 0 radical (unpaired) electrons. The first-order valence-electron chi connectivity index (χ1n) is 9.30. The Kier molecular flexibility index (Phi) is 5.39. The van der Waals surface area contributed by atoms with E-state index in [9.17, 15) is 18.5 Å². The second-order valence-corrected chi connectivity index (χ2v) is 9.71. The van der Waals surface area contributed by atoms with E-state index in [-0.39, 0.29) is 10.6 Å². The monoisotopic (exact) mass is 449 g/mol. The number of nitrogens with zero attached hydrogens (tertiary/aromatic N) is 5. The molecule has 0 spiro atoms. The Morgan fingerprint density at radius 1 is 1.13 bits per heavy atom. The van der Waals surface area contributed by atoms with Gasteiger partial charge in [0.05, 0.1) is 26.2 Å². The van der Waals surface area contributed by atoms with E-state index in [0.717, 1.165) is 36.8 Å². The first kappa shape index (κ1) is 20.6. The Hall–Kier alpha value is -2.69. The molecule has 1 saturated heterocycles. The Balaban J connectivity index is 1.48. The van der Waals surface area contributed by atoms with E-state index < -0.39 is 14.8 Å². The number of benzene rings is 1. The minimum absolute atomic E-state index is 0.0117. The van der Waals surface area contributed by atoms with Crippen LogP contribution in [0.5, 0.6) is 0 Å². The number of aromatic nitrogens is 2. The van der Waals surface area contributed by atoms with Gasteiger partial charge in [0.2, 0.25) is 0 Å². The van der Waals surface area contributed by atoms with Crippen molar-refractivity contribution in [1.29, 1.82) is 0 Å². The number of fused-ring (bicyclic) bond motifs is 1. The van der Waals surface area contributed by atoms with Crippen molar-refractivity contribution in [2.75, 3.05) is 37.3 Å². The first-order valence-corrected chi connectivity index (χ1v) is 11.6. The number of pyridine rings is 1. The van der Waals surface area contributed by atoms with Crippen molar-refractivity contribution in [2.45, 2.75) is 11.4 Å². The van der Waals surface area contributed by atoms with Crippen molar-refractivity contribution in [2.24, 2.45) is 0 Å². The molecule has 1 aromatic carbocycles. The van der Waals surface area contributed by atoms with Crippen LogP contribution in [-0.2, 0) is 16.4 Å². The van der Waals surface area contributed by atoms with Gasteiger partial charge in [0.1, 0.15) is 5.65 Å². The second-order valence-electron chi connectivity index (χ2n) is 7.29. The van der Waals surface area contributed by atoms with Gasteiger partial charge in [-0.25, -0.2) is 13.4 Å². The number of sulfone groups is 1. The van der Waals surface area contributed by atoms with Gasteiger partial charge in [-0.05, 0) is 18.2 Å². The standard InChI is InChI=1S/C19H20ClN5O4S/c1-30(28,29)18-10-16(25(26)27)3-4-17(18)23-8-6-22(7-9-23)12-15-13-24-11-14(20)2-5-19(24)21-15/h2-5,10-11,13H,6-9,12H2,1H3. The molecule has 1 aliphatic rings. The molecule has 158 valence electrons. The average Bonchev–Trinajstić information content (AvgIpc) is 3.08. The van der Waals surface area contributed by atoms with Crippen LogP contribution in [0.1, 0.15) is 5.69 Å². The number of rotatable bonds is 5. The van der Waals surface area contributed by atoms with Crippen LogP contribution in [-0.4, -0.2) is 60.1 Å². The molecule has 1 aliphatic heterocycles. The topological polar surface area (TPSA) is 101 Å². The predicted molar refractivity (Wildman–Crippen MR) is 114 cm³/mol. The SMILES string of the molecule is CS(=O)(=O)c1cc([N+](=O)[O-])ccc1N1CCN(Cc2cn3cc(Cl)ccc3n2)CC1. The smallest absolute Gasteiger partial charge is 0.270 e. The molecule has 0 unspecified atom stereocenters. The van der Waals surface area contributed by atoms with Crippen molar-refractivity contribution in [3.05, 3.63) is 63.6 Å². The van der Waals surface area contributed by atoms with Crippen molar-refractivity contribution in [1.82, 2.24) is 14.3 Å². The van der Waals surface area contributed by atoms with E-state index in [2.05, 4.69) is 9.88 Å². The molecular weight excluding hydrogens is 430 g/mol. The van der Waals surface area contributed by atoms with Gasteiger partial charge in [-0.1, -0.05) is 11.6 Å². The normalized spacial score (nSPS) is 15.6. The van der Waals surface area contributed by atoms with Crippen LogP contribution >= 0.6 is 11.6 Å². The van der Waals surface area contributed by atoms with Gasteiger partial charge in [-0.3, -0.25) is 15.0 Å². The molecule has 0 bridgehead atoms. The number of hydrogen-bond donors (Lipinski definition) is 0. The highest BCUT2D eigenvalue weighted by Gasteiger charge is 2.25. The lowest BCUT2D eigenvalue weighted by molar-refractivity contribution is -0.385. The van der Waals surface area contributed by atoms with Crippen LogP contribution in [0.3, 0.4) is 0 Å². The molecule has 4 rings (SSSR count). The van der Waals surface area contributed by atoms with E-state index in [1.807, 2.05) is 27.8 Å². The summed E-state index contributed by atoms with van der Waals surface area (Å²) in [4.78, 5) is 19.2. The van der Waals surface area contributed by atoms with E-state index in [0.29, 0.717) is 30.3 Å². The van der Waals surface area contributed by atoms with Gasteiger partial charge in [0, 0.05) is 63.5 Å². The van der Waals surface area contributed by atoms with Gasteiger partial charge in [0.25, 0.3) is 5.69 Å². The summed E-state index contributed by atoms with van der Waals surface area (Å²) in [6.45, 7) is 3.33. The molecule has 9 nitrogen and oxygen atoms in total. The summed E-state index contributed by atoms with van der Waals surface area (Å²) >= 11 is 6.02. The highest BCUT2D eigenvalue weighted by atomic mass is 35.5. The summed E-state index contributed by atoms with van der Waals surface area (Å²) in [5.74, 6) is 0. The van der Waals surface area contributed by atoms with Crippen LogP contribution in [0.15, 0.2) is 47.6 Å². The van der Waals surface area contributed by atoms with Gasteiger partial charge >= 0.3 is 0 Å². The van der Waals surface area contributed by atoms with Crippen LogP contribution < -0.4 is 4.90 Å². The minimum Gasteiger partial charge on any atom is -0.368 e. The third-order valence-corrected chi connectivity index (χ3v) is 6.47. The van der Waals surface area contributed by atoms with Crippen molar-refractivity contribution in [3.8, 4) is 0 Å². The molecule has 0 atom stereocenters. The number of nitro benzene ring substituents is 1. The molecule has 11 heteroatoms. The molecule has 0 aliphatic carbocycles. The molecular formula is C19H20ClN5O4S. The van der Waals surface area contributed by atoms with Crippen molar-refractivity contribution < 1.29 is 13.3 Å². The molecule has 3 aromatic rings. The van der Waals surface area contributed by atoms with E-state index >= 15 is 0 Å². The third kappa shape index (κ3) is 4.25. The largest absolute Gasteiger partial charge is 0.368 e. The molecule has 1 fully saturated rings. The average molecular weight is 450 g/mol. The molecule has 0 saturated carbocycles. The lowest BCUT2D eigenvalue weighted by Gasteiger charge is -2.36. The van der Waals surface area contributed by atoms with E-state index in [1.54, 1.807) is 6.07 Å². The van der Waals surface area contributed by atoms with Crippen LogP contribution in [0.25, 0.3) is 5.65 Å². The molecule has 0 N–H and O–H groups in total. The second kappa shape index (κ2) is 7.86. The van der Waals surface area contributed by atoms with E-state index in [1.165, 1.54) is 12.1 Å². The zero-order valence-corrected chi connectivity index (χ0v) is 17.8. The molecule has 30 heavy (non-hydrogen) atoms. The maximum Gasteiger partial charge on any atom is 0.270 e. The fraction of sp³-hybridized carbons (Fsp3) is 0.316. The van der Waals surface area contributed by atoms with Gasteiger partial charge in [0.15, 0.2) is 9.84 Å². The number of halogens is 1. The Bertz CT molecular complexity index is 1220. The number of piperazine rings is 1. The van der Waals surface area contributed by atoms with Crippen molar-refractivity contribution in [3.63, 3.8) is 0 Å². The fourth-order valence-electron chi connectivity index (χ4n) is 3.64. The molecule has 3 heterocycles. The summed E-state index contributed by atoms with van der Waals surface area (Å²) in [5, 5.41) is 11.7. The van der Waals surface area contributed by atoms with Gasteiger partial charge < -0.3 is 9.30 Å². The maximum atomic E-state index is 12.2. The first-order chi connectivity index (χ1) is 14.2. The Labute approximate surface area is 178 Å². The summed E-state index contributed by atoms with van der Waals surface area (Å²) < 4.78 is 26.3. The zero-order valence-electron chi connectivity index (χ0n) is 16.2. The number of nitro groups is 1. The van der Waals surface area contributed by atoms with Gasteiger partial charge in [-0.15, -0.1) is 0 Å². The molecule has 2 aromatic heterocycles. The van der Waals surface area contributed by atoms with Gasteiger partial charge in [-0.2, -0.15) is 0 Å². The fourth-order valence-corrected chi connectivity index (χ4v) is 4.72. The summed E-state index contributed by atoms with van der Waals surface area (Å²) in [7, 11) is -3.60. The lowest BCUT2D eigenvalue weighted by atomic mass is 10.2. The number of anilines is 1. The van der Waals surface area contributed by atoms with Crippen LogP contribution in [0.4, 0.5) is 11.4 Å². The highest BCUT2D eigenvalue weighted by Crippen LogP contribution is 2.30. The van der Waals surface area contributed by atoms with Crippen LogP contribution in [0.2, 0.25) is 5.02 Å². The third-order valence-electron chi connectivity index (χ3n) is 5.12. The number of non-ortho nitro benzene ring substituents is 1. The quantitative estimate of drug-likeness (QED) is 0.436. The predicted octanol–water partition coefficient (Wildman–Crippen LogP) is 2.62. The number of hydrogen-bond acceptors (Lipinski definition) is 7. The summed E-state index contributed by atoms with van der Waals surface area (Å²) in [6.07, 6.45) is 4.83.